The number of aromatic nitrogens is 2. The van der Waals surface area contributed by atoms with Crippen molar-refractivity contribution in [2.75, 3.05) is 46.2 Å². The van der Waals surface area contributed by atoms with Crippen LogP contribution in [0.4, 0.5) is 10.5 Å². The van der Waals surface area contributed by atoms with E-state index in [1.54, 1.807) is 60.6 Å². The first-order chi connectivity index (χ1) is 32.8. The minimum absolute atomic E-state index is 0.0959. The quantitative estimate of drug-likeness (QED) is 0.0861. The number of urea groups is 1. The minimum atomic E-state index is -1.93. The molecular formula is C48H82N6O15S. The zero-order chi connectivity index (χ0) is 52.5. The average Bonchev–Trinajstić information content (AvgIpc) is 3.79. The van der Waals surface area contributed by atoms with E-state index in [1.165, 1.54) is 14.0 Å². The fourth-order valence-electron chi connectivity index (χ4n) is 10.5. The maximum absolute atomic E-state index is 14.5. The number of hydrogen-bond acceptors (Lipinski definition) is 19. The predicted molar refractivity (Wildman–Crippen MR) is 261 cm³/mol. The number of fused-ring (bicyclic) bond motifs is 1. The second-order valence-corrected chi connectivity index (χ2v) is 21.0. The van der Waals surface area contributed by atoms with E-state index in [-0.39, 0.29) is 50.3 Å². The number of rotatable bonds is 12. The third kappa shape index (κ3) is 14.5. The number of esters is 1. The van der Waals surface area contributed by atoms with Crippen molar-refractivity contribution in [1.82, 2.24) is 23.9 Å². The van der Waals surface area contributed by atoms with Gasteiger partial charge in [0.15, 0.2) is 12.6 Å². The molecule has 3 fully saturated rings. The fraction of sp³-hybridized carbons (Fsp3) is 0.812. The highest BCUT2D eigenvalue weighted by Crippen LogP contribution is 2.40. The van der Waals surface area contributed by atoms with Crippen LogP contribution in [0, 0.1) is 17.8 Å². The Hall–Kier alpha value is -3.23. The number of nitrogens with zero attached hydrogens (tertiary/aromatic N) is 4. The number of aliphatic hydroxyl groups is 5. The highest BCUT2D eigenvalue weighted by Gasteiger charge is 2.53. The molecule has 8 N–H and O–H groups in total. The van der Waals surface area contributed by atoms with Gasteiger partial charge in [0, 0.05) is 51.2 Å². The highest BCUT2D eigenvalue weighted by molar-refractivity contribution is 7.00. The number of nitrogens with one attached hydrogen (secondary N) is 2. The van der Waals surface area contributed by atoms with Crippen LogP contribution in [-0.2, 0) is 38.0 Å². The number of hydrogen-bond donors (Lipinski definition) is 8. The Morgan fingerprint density at radius 3 is 2.31 bits per heavy atom. The number of cyclic esters (lactones) is 1. The molecule has 70 heavy (non-hydrogen) atoms. The minimum Gasteiger partial charge on any atom is -0.483 e. The molecule has 4 heterocycles. The van der Waals surface area contributed by atoms with Gasteiger partial charge in [-0.3, -0.25) is 14.5 Å². The number of carbonyl (C=O) groups is 3. The van der Waals surface area contributed by atoms with Gasteiger partial charge in [0.25, 0.3) is 6.47 Å². The molecule has 22 heteroatoms. The molecular weight excluding hydrogens is 933 g/mol. The van der Waals surface area contributed by atoms with Gasteiger partial charge >= 0.3 is 12.0 Å². The van der Waals surface area contributed by atoms with Gasteiger partial charge in [-0.2, -0.15) is 8.75 Å². The normalized spacial score (nSPS) is 39.5. The second-order valence-electron chi connectivity index (χ2n) is 20.5. The van der Waals surface area contributed by atoms with Crippen LogP contribution >= 0.6 is 11.7 Å². The summed E-state index contributed by atoms with van der Waals surface area (Å²) in [5, 5.41) is 72.6. The van der Waals surface area contributed by atoms with Crippen molar-refractivity contribution in [2.45, 2.75) is 192 Å². The van der Waals surface area contributed by atoms with E-state index in [9.17, 15) is 35.1 Å². The van der Waals surface area contributed by atoms with Crippen LogP contribution < -0.4 is 10.6 Å². The summed E-state index contributed by atoms with van der Waals surface area (Å²) in [5.41, 5.74) is -2.85. The third-order valence-electron chi connectivity index (χ3n) is 14.5. The van der Waals surface area contributed by atoms with E-state index in [0.29, 0.717) is 42.7 Å². The van der Waals surface area contributed by atoms with Gasteiger partial charge in [-0.25, -0.2) is 4.79 Å². The maximum Gasteiger partial charge on any atom is 0.319 e. The van der Waals surface area contributed by atoms with Crippen molar-refractivity contribution in [1.29, 1.82) is 0 Å². The topological polar surface area (TPSA) is 284 Å². The molecule has 400 valence electrons. The molecule has 2 amide bonds. The number of benzene rings is 1. The van der Waals surface area contributed by atoms with Crippen LogP contribution in [0.5, 0.6) is 0 Å². The van der Waals surface area contributed by atoms with Crippen LogP contribution in [0.2, 0.25) is 0 Å². The lowest BCUT2D eigenvalue weighted by Gasteiger charge is -2.48. The summed E-state index contributed by atoms with van der Waals surface area (Å²) in [6.07, 6.45) is -8.67. The molecule has 0 saturated carbocycles. The van der Waals surface area contributed by atoms with Crippen molar-refractivity contribution in [3.63, 3.8) is 0 Å². The zero-order valence-electron chi connectivity index (χ0n) is 43.2. The first-order valence-corrected chi connectivity index (χ1v) is 25.1. The number of carbonyl (C=O) groups excluding carboxylic acids is 2. The van der Waals surface area contributed by atoms with E-state index < -0.39 is 102 Å². The van der Waals surface area contributed by atoms with Crippen LogP contribution in [0.1, 0.15) is 101 Å². The van der Waals surface area contributed by atoms with Crippen LogP contribution in [0.3, 0.4) is 0 Å². The Balaban J connectivity index is 0.00000346. The molecule has 0 bridgehead atoms. The van der Waals surface area contributed by atoms with E-state index in [4.69, 9.17) is 38.3 Å². The molecule has 0 aliphatic carbocycles. The zero-order valence-corrected chi connectivity index (χ0v) is 44.0. The Bertz CT molecular complexity index is 1960. The molecule has 5 rings (SSSR count). The third-order valence-corrected chi connectivity index (χ3v) is 15.0. The standard InChI is InChI=1S/C47H80N6O13S.CH2O2/c1-14-34-47(10,60)39(55)29(6)53(20-16-19-48-44(58)49-31-17-15-18-32-36(31)51-67-50-32)24-25(2)22-45(8,59)41(66-43-37(54)33(52(11)12)21-26(3)62-43)27(4)38(28(5)42(57)64-34)65-35-23-46(9,61-13)40(56)30(7)63-35;2-1-3/h15,17-18,25-30,33-35,37-41,43,54-56,59-60H,14,16,19-24H2,1-13H3,(H2,48,49,58);1H,(H,2,3)/t25-,26-,27+,28-,29-,30+,33+,34-,35+,37-,38+,39-,40+,41-,43+,45-,46-,47-;/m1./s1. The summed E-state index contributed by atoms with van der Waals surface area (Å²) in [5.74, 6) is -2.91. The van der Waals surface area contributed by atoms with Crippen molar-refractivity contribution < 1.29 is 73.4 Å². The number of amides is 2. The van der Waals surface area contributed by atoms with Crippen molar-refractivity contribution in [3.05, 3.63) is 18.2 Å². The van der Waals surface area contributed by atoms with Crippen molar-refractivity contribution in [2.24, 2.45) is 17.8 Å². The molecule has 2 aromatic rings. The molecule has 21 nitrogen and oxygen atoms in total. The number of anilines is 1. The van der Waals surface area contributed by atoms with Gasteiger partial charge in [0.1, 0.15) is 41.1 Å². The van der Waals surface area contributed by atoms with E-state index in [0.717, 1.165) is 11.7 Å². The van der Waals surface area contributed by atoms with E-state index in [2.05, 4.69) is 19.4 Å². The molecule has 3 aliphatic heterocycles. The molecule has 1 aromatic heterocycles. The number of aliphatic hydroxyl groups excluding tert-OH is 3. The highest BCUT2D eigenvalue weighted by atomic mass is 32.1. The summed E-state index contributed by atoms with van der Waals surface area (Å²) >= 11 is 1.06. The second kappa shape index (κ2) is 25.6. The molecule has 0 spiro atoms. The van der Waals surface area contributed by atoms with Gasteiger partial charge in [-0.1, -0.05) is 26.8 Å². The Morgan fingerprint density at radius 2 is 1.69 bits per heavy atom. The van der Waals surface area contributed by atoms with Gasteiger partial charge < -0.3 is 74.6 Å². The summed E-state index contributed by atoms with van der Waals surface area (Å²) in [6, 6.07) is 3.92. The lowest BCUT2D eigenvalue weighted by Crippen LogP contribution is -2.60. The first kappa shape index (κ1) is 59.3. The molecule has 3 aliphatic rings. The number of methoxy groups -OCH3 is 1. The van der Waals surface area contributed by atoms with Gasteiger partial charge in [-0.05, 0) is 106 Å². The van der Waals surface area contributed by atoms with Crippen LogP contribution in [0.15, 0.2) is 18.2 Å². The Morgan fingerprint density at radius 1 is 1.01 bits per heavy atom. The number of ether oxygens (including phenoxy) is 6. The van der Waals surface area contributed by atoms with Gasteiger partial charge in [0.2, 0.25) is 0 Å². The molecule has 0 radical (unpaired) electrons. The molecule has 18 atom stereocenters. The van der Waals surface area contributed by atoms with Crippen LogP contribution in [0.25, 0.3) is 11.0 Å². The first-order valence-electron chi connectivity index (χ1n) is 24.4. The van der Waals surface area contributed by atoms with Crippen LogP contribution in [-0.4, -0.2) is 199 Å². The average molecular weight is 1020 g/mol. The lowest BCUT2D eigenvalue weighted by atomic mass is 9.77. The maximum atomic E-state index is 14.5. The van der Waals surface area contributed by atoms with E-state index in [1.807, 2.05) is 43.8 Å². The van der Waals surface area contributed by atoms with Crippen molar-refractivity contribution >= 4 is 46.9 Å². The largest absolute Gasteiger partial charge is 0.483 e. The summed E-state index contributed by atoms with van der Waals surface area (Å²) < 4.78 is 46.6. The summed E-state index contributed by atoms with van der Waals surface area (Å²) in [7, 11) is 5.25. The lowest BCUT2D eigenvalue weighted by molar-refractivity contribution is -0.318. The molecule has 0 unspecified atom stereocenters. The summed E-state index contributed by atoms with van der Waals surface area (Å²) in [4.78, 5) is 39.8. The van der Waals surface area contributed by atoms with Gasteiger partial charge in [-0.15, -0.1) is 0 Å². The Kier molecular flexibility index (Phi) is 21.7. The Labute approximate surface area is 416 Å². The van der Waals surface area contributed by atoms with Gasteiger partial charge in [0.05, 0.1) is 59.0 Å². The van der Waals surface area contributed by atoms with Crippen molar-refractivity contribution in [3.8, 4) is 0 Å². The fourth-order valence-corrected chi connectivity index (χ4v) is 11.0. The number of likely N-dealkylation sites (N-methyl/N-ethyl adjacent to an activating group) is 1. The molecule has 3 saturated heterocycles. The SMILES string of the molecule is CC[C@H]1OC(=O)[C@H](C)[C@@H](O[C@H]2C[C@@](C)(OC)[C@@H](O)[C@H](C)O2)[C@H](C)[C@@H](O[C@@H]2O[C@H](C)C[C@H](N(C)C)[C@H]2O)[C@](C)(O)C[C@@H](C)CN(CCCNC(=O)Nc2cccc3nsnc23)[C@H](C)[C@@H](O)[C@]1(C)O.O=CO. The number of carboxylic acid groups (broad SMARTS) is 1. The smallest absolute Gasteiger partial charge is 0.319 e. The molecule has 1 aromatic carbocycles. The monoisotopic (exact) mass is 1010 g/mol. The van der Waals surface area contributed by atoms with E-state index >= 15 is 0 Å². The predicted octanol–water partition coefficient (Wildman–Crippen LogP) is 3.19. The summed E-state index contributed by atoms with van der Waals surface area (Å²) in [6.45, 7) is 18.2.